The van der Waals surface area contributed by atoms with Crippen molar-refractivity contribution >= 4 is 38.7 Å². The van der Waals surface area contributed by atoms with E-state index in [9.17, 15) is 23.3 Å². The van der Waals surface area contributed by atoms with Crippen LogP contribution in [0.2, 0.25) is 5.02 Å². The molecule has 0 heterocycles. The summed E-state index contributed by atoms with van der Waals surface area (Å²) in [5.74, 6) is -0.374. The van der Waals surface area contributed by atoms with Gasteiger partial charge in [-0.3, -0.25) is 14.9 Å². The van der Waals surface area contributed by atoms with Crippen molar-refractivity contribution in [2.75, 3.05) is 18.1 Å². The van der Waals surface area contributed by atoms with Gasteiger partial charge in [-0.05, 0) is 29.8 Å². The SMILES string of the molecule is CS(=O)(=O)c1ccc(NCC(=O)NCc2ccc(Cl)cc2)c([N+](=O)[O-])c1. The second-order valence-corrected chi connectivity index (χ2v) is 7.92. The van der Waals surface area contributed by atoms with Gasteiger partial charge in [-0.2, -0.15) is 0 Å². The number of sulfone groups is 1. The second kappa shape index (κ2) is 8.15. The van der Waals surface area contributed by atoms with Crippen LogP contribution in [0.15, 0.2) is 47.4 Å². The quantitative estimate of drug-likeness (QED) is 0.547. The highest BCUT2D eigenvalue weighted by Crippen LogP contribution is 2.27. The molecule has 2 aromatic rings. The average molecular weight is 398 g/mol. The molecule has 8 nitrogen and oxygen atoms in total. The predicted molar refractivity (Wildman–Crippen MR) is 98.0 cm³/mol. The Morgan fingerprint density at radius 1 is 1.19 bits per heavy atom. The summed E-state index contributed by atoms with van der Waals surface area (Å²) >= 11 is 5.78. The van der Waals surface area contributed by atoms with Gasteiger partial charge in [0, 0.05) is 23.9 Å². The third-order valence-electron chi connectivity index (χ3n) is 3.44. The molecule has 26 heavy (non-hydrogen) atoms. The molecule has 0 bridgehead atoms. The molecule has 10 heteroatoms. The van der Waals surface area contributed by atoms with Crippen LogP contribution in [0.25, 0.3) is 0 Å². The minimum absolute atomic E-state index is 0.0593. The third kappa shape index (κ3) is 5.43. The zero-order valence-corrected chi connectivity index (χ0v) is 15.3. The van der Waals surface area contributed by atoms with Gasteiger partial charge in [0.1, 0.15) is 5.69 Å². The monoisotopic (exact) mass is 397 g/mol. The van der Waals surface area contributed by atoms with Crippen molar-refractivity contribution < 1.29 is 18.1 Å². The summed E-state index contributed by atoms with van der Waals surface area (Å²) in [4.78, 5) is 22.2. The Kier molecular flexibility index (Phi) is 6.17. The minimum Gasteiger partial charge on any atom is -0.371 e. The summed E-state index contributed by atoms with van der Waals surface area (Å²) in [6, 6.07) is 10.4. The van der Waals surface area contributed by atoms with Gasteiger partial charge in [0.15, 0.2) is 9.84 Å². The predicted octanol–water partition coefficient (Wildman–Crippen LogP) is 2.38. The number of halogens is 1. The van der Waals surface area contributed by atoms with Gasteiger partial charge in [-0.1, -0.05) is 23.7 Å². The molecule has 0 atom stereocenters. The average Bonchev–Trinajstić information content (AvgIpc) is 2.58. The van der Waals surface area contributed by atoms with Crippen molar-refractivity contribution in [1.82, 2.24) is 5.32 Å². The first-order chi connectivity index (χ1) is 12.2. The summed E-state index contributed by atoms with van der Waals surface area (Å²) < 4.78 is 23.0. The van der Waals surface area contributed by atoms with Gasteiger partial charge in [0.25, 0.3) is 5.69 Å². The molecule has 0 aromatic heterocycles. The number of nitro benzene ring substituents is 1. The molecule has 0 radical (unpaired) electrons. The van der Waals surface area contributed by atoms with Crippen molar-refractivity contribution in [3.05, 3.63) is 63.2 Å². The molecule has 138 valence electrons. The van der Waals surface area contributed by atoms with Crippen molar-refractivity contribution in [3.63, 3.8) is 0 Å². The van der Waals surface area contributed by atoms with Crippen LogP contribution in [0, 0.1) is 10.1 Å². The maximum atomic E-state index is 11.9. The molecule has 0 saturated heterocycles. The van der Waals surface area contributed by atoms with E-state index in [2.05, 4.69) is 10.6 Å². The third-order valence-corrected chi connectivity index (χ3v) is 4.80. The van der Waals surface area contributed by atoms with Crippen LogP contribution in [-0.2, 0) is 21.2 Å². The lowest BCUT2D eigenvalue weighted by Gasteiger charge is -2.09. The zero-order valence-electron chi connectivity index (χ0n) is 13.7. The molecule has 0 unspecified atom stereocenters. The molecule has 0 fully saturated rings. The number of nitrogens with zero attached hydrogens (tertiary/aromatic N) is 1. The van der Waals surface area contributed by atoms with E-state index in [0.717, 1.165) is 17.9 Å². The first kappa shape index (κ1) is 19.7. The molecule has 2 rings (SSSR count). The van der Waals surface area contributed by atoms with Crippen LogP contribution >= 0.6 is 11.6 Å². The summed E-state index contributed by atoms with van der Waals surface area (Å²) in [5.41, 5.74) is 0.494. The van der Waals surface area contributed by atoms with Crippen molar-refractivity contribution in [3.8, 4) is 0 Å². The van der Waals surface area contributed by atoms with Gasteiger partial charge in [0.2, 0.25) is 5.91 Å². The zero-order chi connectivity index (χ0) is 19.3. The Hall–Kier alpha value is -2.65. The summed E-state index contributed by atoms with van der Waals surface area (Å²) in [7, 11) is -3.57. The Labute approximate surface area is 155 Å². The van der Waals surface area contributed by atoms with Gasteiger partial charge in [-0.25, -0.2) is 8.42 Å². The van der Waals surface area contributed by atoms with Gasteiger partial charge >= 0.3 is 0 Å². The van der Waals surface area contributed by atoms with E-state index < -0.39 is 20.4 Å². The fraction of sp³-hybridized carbons (Fsp3) is 0.188. The number of anilines is 1. The van der Waals surface area contributed by atoms with E-state index in [1.807, 2.05) is 0 Å². The highest BCUT2D eigenvalue weighted by atomic mass is 35.5. The lowest BCUT2D eigenvalue weighted by Crippen LogP contribution is -2.29. The first-order valence-electron chi connectivity index (χ1n) is 7.40. The Bertz CT molecular complexity index is 929. The van der Waals surface area contributed by atoms with E-state index >= 15 is 0 Å². The Morgan fingerprint density at radius 3 is 2.42 bits per heavy atom. The van der Waals surface area contributed by atoms with Crippen molar-refractivity contribution in [1.29, 1.82) is 0 Å². The summed E-state index contributed by atoms with van der Waals surface area (Å²) in [6.07, 6.45) is 0.962. The van der Waals surface area contributed by atoms with Crippen LogP contribution in [0.3, 0.4) is 0 Å². The summed E-state index contributed by atoms with van der Waals surface area (Å²) in [6.45, 7) is 0.0828. The smallest absolute Gasteiger partial charge is 0.293 e. The number of hydrogen-bond acceptors (Lipinski definition) is 6. The molecule has 0 aliphatic rings. The number of amides is 1. The summed E-state index contributed by atoms with van der Waals surface area (Å²) in [5, 5.41) is 17.0. The van der Waals surface area contributed by atoms with E-state index in [1.54, 1.807) is 24.3 Å². The molecule has 2 N–H and O–H groups in total. The van der Waals surface area contributed by atoms with Crippen molar-refractivity contribution in [2.45, 2.75) is 11.4 Å². The molecule has 1 amide bonds. The molecular formula is C16H16ClN3O5S. The normalized spacial score (nSPS) is 11.0. The standard InChI is InChI=1S/C16H16ClN3O5S/c1-26(24,25)13-6-7-14(15(8-13)20(22)23)18-10-16(21)19-9-11-2-4-12(17)5-3-11/h2-8,18H,9-10H2,1H3,(H,19,21). The highest BCUT2D eigenvalue weighted by Gasteiger charge is 2.19. The number of rotatable bonds is 7. The van der Waals surface area contributed by atoms with Crippen LogP contribution < -0.4 is 10.6 Å². The fourth-order valence-corrected chi connectivity index (χ4v) is 2.85. The number of carbonyl (C=O) groups is 1. The lowest BCUT2D eigenvalue weighted by atomic mass is 10.2. The van der Waals surface area contributed by atoms with Crippen molar-refractivity contribution in [2.24, 2.45) is 0 Å². The number of carbonyl (C=O) groups excluding carboxylic acids is 1. The first-order valence-corrected chi connectivity index (χ1v) is 9.67. The number of nitrogens with one attached hydrogen (secondary N) is 2. The van der Waals surface area contributed by atoms with Crippen LogP contribution in [0.5, 0.6) is 0 Å². The van der Waals surface area contributed by atoms with E-state index in [1.165, 1.54) is 12.1 Å². The number of nitro groups is 1. The minimum atomic E-state index is -3.57. The maximum Gasteiger partial charge on any atom is 0.293 e. The van der Waals surface area contributed by atoms with Gasteiger partial charge in [-0.15, -0.1) is 0 Å². The molecule has 2 aromatic carbocycles. The molecule has 0 saturated carbocycles. The van der Waals surface area contributed by atoms with E-state index in [0.29, 0.717) is 5.02 Å². The van der Waals surface area contributed by atoms with Crippen LogP contribution in [-0.4, -0.2) is 32.0 Å². The topological polar surface area (TPSA) is 118 Å². The van der Waals surface area contributed by atoms with E-state index in [4.69, 9.17) is 11.6 Å². The molecular weight excluding hydrogens is 382 g/mol. The Morgan fingerprint density at radius 2 is 1.85 bits per heavy atom. The largest absolute Gasteiger partial charge is 0.371 e. The number of benzene rings is 2. The molecule has 0 aliphatic carbocycles. The fourth-order valence-electron chi connectivity index (χ4n) is 2.08. The van der Waals surface area contributed by atoms with Crippen LogP contribution in [0.4, 0.5) is 11.4 Å². The Balaban J connectivity index is 2.00. The van der Waals surface area contributed by atoms with Gasteiger partial charge < -0.3 is 10.6 Å². The van der Waals surface area contributed by atoms with Crippen LogP contribution in [0.1, 0.15) is 5.56 Å². The number of hydrogen-bond donors (Lipinski definition) is 2. The maximum absolute atomic E-state index is 11.9. The molecule has 0 aliphatic heterocycles. The highest BCUT2D eigenvalue weighted by molar-refractivity contribution is 7.90. The van der Waals surface area contributed by atoms with Gasteiger partial charge in [0.05, 0.1) is 16.4 Å². The van der Waals surface area contributed by atoms with E-state index in [-0.39, 0.29) is 29.6 Å². The second-order valence-electron chi connectivity index (χ2n) is 5.46. The lowest BCUT2D eigenvalue weighted by molar-refractivity contribution is -0.384. The molecule has 0 spiro atoms.